The van der Waals surface area contributed by atoms with E-state index < -0.39 is 11.5 Å². The highest BCUT2D eigenvalue weighted by molar-refractivity contribution is 5.80. The molecule has 0 fully saturated rings. The topological polar surface area (TPSA) is 83.5 Å². The van der Waals surface area contributed by atoms with Crippen LogP contribution < -0.4 is 5.32 Å². The fourth-order valence-corrected chi connectivity index (χ4v) is 0.884. The molecule has 2 N–H and O–H groups in total. The standard InChI is InChI=1S/C8H12NO4/c1-6(11)9-8(2,5-10)4-3-7(12)13/h3-4H2,1-2H3,(H,9,11)(H,12,13)/t8-/m0/s1. The van der Waals surface area contributed by atoms with Crippen LogP contribution in [0.4, 0.5) is 0 Å². The summed E-state index contributed by atoms with van der Waals surface area (Å²) in [5.74, 6) is -1.39. The van der Waals surface area contributed by atoms with Gasteiger partial charge in [0.2, 0.25) is 12.2 Å². The van der Waals surface area contributed by atoms with Crippen molar-refractivity contribution in [1.82, 2.24) is 5.32 Å². The van der Waals surface area contributed by atoms with E-state index in [2.05, 4.69) is 5.32 Å². The highest BCUT2D eigenvalue weighted by Gasteiger charge is 2.26. The molecule has 0 aromatic carbocycles. The maximum absolute atomic E-state index is 10.6. The van der Waals surface area contributed by atoms with Gasteiger partial charge in [0.15, 0.2) is 0 Å². The molecule has 0 bridgehead atoms. The Morgan fingerprint density at radius 1 is 1.54 bits per heavy atom. The number of amides is 1. The molecule has 0 saturated carbocycles. The van der Waals surface area contributed by atoms with Gasteiger partial charge in [-0.25, -0.2) is 0 Å². The van der Waals surface area contributed by atoms with Crippen LogP contribution >= 0.6 is 0 Å². The van der Waals surface area contributed by atoms with Gasteiger partial charge in [-0.1, -0.05) is 0 Å². The number of carbonyl (C=O) groups is 2. The fraction of sp³-hybridized carbons (Fsp3) is 0.625. The van der Waals surface area contributed by atoms with E-state index in [9.17, 15) is 14.4 Å². The lowest BCUT2D eigenvalue weighted by Crippen LogP contribution is -2.46. The van der Waals surface area contributed by atoms with Crippen molar-refractivity contribution in [3.05, 3.63) is 0 Å². The second-order valence-corrected chi connectivity index (χ2v) is 3.01. The zero-order chi connectivity index (χ0) is 10.5. The van der Waals surface area contributed by atoms with Crippen molar-refractivity contribution >= 4 is 18.2 Å². The van der Waals surface area contributed by atoms with Gasteiger partial charge in [0.25, 0.3) is 0 Å². The summed E-state index contributed by atoms with van der Waals surface area (Å²) < 4.78 is 0. The van der Waals surface area contributed by atoms with Gasteiger partial charge in [0, 0.05) is 13.3 Å². The van der Waals surface area contributed by atoms with Crippen LogP contribution in [0.15, 0.2) is 0 Å². The average molecular weight is 186 g/mol. The molecule has 13 heavy (non-hydrogen) atoms. The fourth-order valence-electron chi connectivity index (χ4n) is 0.884. The smallest absolute Gasteiger partial charge is 0.303 e. The Bertz CT molecular complexity index is 226. The van der Waals surface area contributed by atoms with Crippen molar-refractivity contribution in [2.75, 3.05) is 0 Å². The van der Waals surface area contributed by atoms with Crippen molar-refractivity contribution in [3.8, 4) is 0 Å². The van der Waals surface area contributed by atoms with Crippen LogP contribution in [0.2, 0.25) is 0 Å². The van der Waals surface area contributed by atoms with E-state index in [1.165, 1.54) is 13.8 Å². The van der Waals surface area contributed by atoms with Gasteiger partial charge in [0.1, 0.15) is 5.54 Å². The van der Waals surface area contributed by atoms with Crippen LogP contribution in [0, 0.1) is 0 Å². The highest BCUT2D eigenvalue weighted by Crippen LogP contribution is 2.08. The quantitative estimate of drug-likeness (QED) is 0.625. The van der Waals surface area contributed by atoms with Crippen LogP contribution in [-0.2, 0) is 14.4 Å². The van der Waals surface area contributed by atoms with Crippen molar-refractivity contribution < 1.29 is 19.5 Å². The Hall–Kier alpha value is -1.39. The first-order valence-electron chi connectivity index (χ1n) is 3.79. The van der Waals surface area contributed by atoms with Gasteiger partial charge in [-0.2, -0.15) is 0 Å². The number of hydrogen-bond donors (Lipinski definition) is 2. The molecule has 0 aromatic rings. The molecule has 0 rings (SSSR count). The van der Waals surface area contributed by atoms with E-state index in [1.54, 1.807) is 6.29 Å². The molecule has 1 amide bonds. The number of hydrogen-bond acceptors (Lipinski definition) is 3. The largest absolute Gasteiger partial charge is 0.481 e. The van der Waals surface area contributed by atoms with Gasteiger partial charge >= 0.3 is 5.97 Å². The zero-order valence-corrected chi connectivity index (χ0v) is 7.59. The Morgan fingerprint density at radius 3 is 2.38 bits per heavy atom. The van der Waals surface area contributed by atoms with Gasteiger partial charge < -0.3 is 10.4 Å². The summed E-state index contributed by atoms with van der Waals surface area (Å²) >= 11 is 0. The summed E-state index contributed by atoms with van der Waals surface area (Å²) in [7, 11) is 0. The van der Waals surface area contributed by atoms with Gasteiger partial charge in [-0.3, -0.25) is 14.4 Å². The van der Waals surface area contributed by atoms with Crippen LogP contribution in [0.25, 0.3) is 0 Å². The minimum atomic E-state index is -1.19. The van der Waals surface area contributed by atoms with Gasteiger partial charge in [-0.05, 0) is 13.3 Å². The van der Waals surface area contributed by atoms with Crippen LogP contribution in [-0.4, -0.2) is 28.8 Å². The van der Waals surface area contributed by atoms with Crippen molar-refractivity contribution in [2.24, 2.45) is 0 Å². The molecule has 5 nitrogen and oxygen atoms in total. The molecule has 0 saturated heterocycles. The molecule has 0 aliphatic carbocycles. The summed E-state index contributed by atoms with van der Waals surface area (Å²) in [6.45, 7) is 2.70. The van der Waals surface area contributed by atoms with Crippen molar-refractivity contribution in [2.45, 2.75) is 32.2 Å². The summed E-state index contributed by atoms with van der Waals surface area (Å²) in [6, 6.07) is 0. The van der Waals surface area contributed by atoms with Crippen molar-refractivity contribution in [1.29, 1.82) is 0 Å². The lowest BCUT2D eigenvalue weighted by Gasteiger charge is -2.21. The summed E-state index contributed by atoms with van der Waals surface area (Å²) in [6.07, 6.45) is 1.49. The van der Waals surface area contributed by atoms with Gasteiger partial charge in [0.05, 0.1) is 0 Å². The first-order valence-corrected chi connectivity index (χ1v) is 3.79. The predicted octanol–water partition coefficient (Wildman–Crippen LogP) is -0.144. The third-order valence-electron chi connectivity index (χ3n) is 1.52. The van der Waals surface area contributed by atoms with E-state index in [0.717, 1.165) is 0 Å². The normalized spacial score (nSPS) is 14.3. The maximum atomic E-state index is 10.6. The third kappa shape index (κ3) is 4.95. The molecule has 0 spiro atoms. The average Bonchev–Trinajstić information content (AvgIpc) is 2.00. The number of carboxylic acid groups (broad SMARTS) is 1. The summed E-state index contributed by atoms with van der Waals surface area (Å²) in [4.78, 5) is 31.3. The molecule has 0 aromatic heterocycles. The van der Waals surface area contributed by atoms with E-state index >= 15 is 0 Å². The first-order chi connectivity index (χ1) is 5.89. The minimum absolute atomic E-state index is 0.0470. The number of aliphatic carboxylic acids is 1. The molecule has 73 valence electrons. The maximum Gasteiger partial charge on any atom is 0.303 e. The Balaban J connectivity index is 4.19. The molecule has 0 aliphatic heterocycles. The second kappa shape index (κ2) is 4.59. The lowest BCUT2D eigenvalue weighted by atomic mass is 9.98. The predicted molar refractivity (Wildman–Crippen MR) is 44.8 cm³/mol. The summed E-state index contributed by atoms with van der Waals surface area (Å²) in [5, 5.41) is 10.7. The van der Waals surface area contributed by atoms with Crippen LogP contribution in [0.3, 0.4) is 0 Å². The Labute approximate surface area is 76.1 Å². The highest BCUT2D eigenvalue weighted by atomic mass is 16.4. The van der Waals surface area contributed by atoms with E-state index in [0.29, 0.717) is 0 Å². The number of nitrogens with one attached hydrogen (secondary N) is 1. The number of rotatable bonds is 5. The molecule has 0 heterocycles. The van der Waals surface area contributed by atoms with Crippen LogP contribution in [0.1, 0.15) is 26.7 Å². The molecule has 1 radical (unpaired) electrons. The van der Waals surface area contributed by atoms with Crippen molar-refractivity contribution in [3.63, 3.8) is 0 Å². The van der Waals surface area contributed by atoms with E-state index in [1.807, 2.05) is 0 Å². The first kappa shape index (κ1) is 11.6. The molecular formula is C8H12NO4. The zero-order valence-electron chi connectivity index (χ0n) is 7.59. The van der Waals surface area contributed by atoms with Gasteiger partial charge in [-0.15, -0.1) is 0 Å². The SMILES string of the molecule is CC(=O)N[C@](C)([C]=O)CCC(=O)O. The minimum Gasteiger partial charge on any atom is -0.481 e. The molecule has 0 unspecified atom stereocenters. The molecule has 0 aliphatic rings. The molecular weight excluding hydrogens is 174 g/mol. The lowest BCUT2D eigenvalue weighted by molar-refractivity contribution is -0.137. The van der Waals surface area contributed by atoms with Crippen LogP contribution in [0.5, 0.6) is 0 Å². The Kier molecular flexibility index (Phi) is 4.10. The molecule has 5 heteroatoms. The Morgan fingerprint density at radius 2 is 2.08 bits per heavy atom. The van der Waals surface area contributed by atoms with E-state index in [4.69, 9.17) is 5.11 Å². The molecule has 1 atom stereocenters. The summed E-state index contributed by atoms with van der Waals surface area (Å²) in [5.41, 5.74) is -1.19. The number of carboxylic acids is 1. The van der Waals surface area contributed by atoms with E-state index in [-0.39, 0.29) is 18.7 Å². The number of carbonyl (C=O) groups excluding carboxylic acids is 2. The second-order valence-electron chi connectivity index (χ2n) is 3.01. The third-order valence-corrected chi connectivity index (χ3v) is 1.52. The monoisotopic (exact) mass is 186 g/mol.